The number of aromatic nitrogens is 2. The molecule has 0 saturated carbocycles. The van der Waals surface area contributed by atoms with Gasteiger partial charge in [0.15, 0.2) is 5.82 Å². The van der Waals surface area contributed by atoms with E-state index in [0.717, 1.165) is 5.69 Å². The number of H-pyrrole nitrogens is 1. The lowest BCUT2D eigenvalue weighted by atomic mass is 10.1. The molecule has 0 fully saturated rings. The molecule has 0 aliphatic heterocycles. The number of nitrogens with zero attached hydrogens (tertiary/aromatic N) is 1. The van der Waals surface area contributed by atoms with E-state index in [0.29, 0.717) is 11.7 Å². The molecule has 94 valence electrons. The van der Waals surface area contributed by atoms with Crippen LogP contribution in [0.15, 0.2) is 6.07 Å². The summed E-state index contributed by atoms with van der Waals surface area (Å²) in [7, 11) is 0. The average molecular weight is 239 g/mol. The summed E-state index contributed by atoms with van der Waals surface area (Å²) >= 11 is 0. The average Bonchev–Trinajstić information content (AvgIpc) is 2.65. The lowest BCUT2D eigenvalue weighted by molar-refractivity contribution is -0.117. The van der Waals surface area contributed by atoms with Crippen molar-refractivity contribution in [1.29, 1.82) is 0 Å². The van der Waals surface area contributed by atoms with Gasteiger partial charge in [0.2, 0.25) is 5.91 Å². The summed E-state index contributed by atoms with van der Waals surface area (Å²) in [6.07, 6.45) is 0. The molecule has 1 unspecified atom stereocenters. The minimum atomic E-state index is -0.738. The molecule has 0 aliphatic rings. The van der Waals surface area contributed by atoms with Gasteiger partial charge in [0, 0.05) is 11.8 Å². The zero-order valence-corrected chi connectivity index (χ0v) is 10.1. The summed E-state index contributed by atoms with van der Waals surface area (Å²) in [4.78, 5) is 22.2. The number of primary amides is 1. The van der Waals surface area contributed by atoms with Gasteiger partial charge >= 0.3 is 6.03 Å². The molecule has 0 bridgehead atoms. The number of carbonyl (C=O) groups is 2. The third-order valence-electron chi connectivity index (χ3n) is 2.22. The molecule has 1 atom stereocenters. The summed E-state index contributed by atoms with van der Waals surface area (Å²) in [5.41, 5.74) is 5.84. The van der Waals surface area contributed by atoms with Crippen molar-refractivity contribution in [2.75, 3.05) is 5.32 Å². The fraction of sp³-hybridized carbons (Fsp3) is 0.500. The van der Waals surface area contributed by atoms with Crippen LogP contribution in [-0.4, -0.2) is 28.2 Å². The predicted octanol–water partition coefficient (Wildman–Crippen LogP) is 0.528. The Hall–Kier alpha value is -2.05. The Labute approximate surface area is 99.1 Å². The van der Waals surface area contributed by atoms with Gasteiger partial charge in [-0.25, -0.2) is 4.79 Å². The van der Waals surface area contributed by atoms with E-state index < -0.39 is 12.1 Å². The van der Waals surface area contributed by atoms with E-state index in [1.807, 2.05) is 13.8 Å². The maximum Gasteiger partial charge on any atom is 0.312 e. The van der Waals surface area contributed by atoms with Crippen LogP contribution in [0.5, 0.6) is 0 Å². The van der Waals surface area contributed by atoms with Crippen LogP contribution in [0, 0.1) is 0 Å². The van der Waals surface area contributed by atoms with Gasteiger partial charge in [-0.15, -0.1) is 0 Å². The van der Waals surface area contributed by atoms with Crippen molar-refractivity contribution in [2.45, 2.75) is 32.7 Å². The Morgan fingerprint density at radius 3 is 2.53 bits per heavy atom. The highest BCUT2D eigenvalue weighted by Crippen LogP contribution is 2.14. The molecule has 3 amide bonds. The van der Waals surface area contributed by atoms with E-state index in [2.05, 4.69) is 20.8 Å². The fourth-order valence-electron chi connectivity index (χ4n) is 1.21. The van der Waals surface area contributed by atoms with Crippen molar-refractivity contribution >= 4 is 17.8 Å². The molecular weight excluding hydrogens is 222 g/mol. The predicted molar refractivity (Wildman–Crippen MR) is 63.5 cm³/mol. The molecule has 0 aromatic carbocycles. The second kappa shape index (κ2) is 5.33. The first kappa shape index (κ1) is 13.0. The van der Waals surface area contributed by atoms with Crippen molar-refractivity contribution in [3.8, 4) is 0 Å². The first-order chi connectivity index (χ1) is 7.90. The molecule has 0 saturated heterocycles. The number of amides is 3. The molecule has 7 heteroatoms. The summed E-state index contributed by atoms with van der Waals surface area (Å²) in [6, 6.07) is 0.309. The SMILES string of the molecule is CC(NC(N)=O)C(=O)Nc1cc(C(C)C)[nH]n1. The van der Waals surface area contributed by atoms with Crippen LogP contribution in [0.3, 0.4) is 0 Å². The third kappa shape index (κ3) is 3.78. The standard InChI is InChI=1S/C10H17N5O2/c1-5(2)7-4-8(15-14-7)13-9(16)6(3)12-10(11)17/h4-6H,1-3H3,(H3,11,12,17)(H2,13,14,15,16). The summed E-state index contributed by atoms with van der Waals surface area (Å²) < 4.78 is 0. The zero-order valence-electron chi connectivity index (χ0n) is 10.1. The van der Waals surface area contributed by atoms with Crippen molar-refractivity contribution < 1.29 is 9.59 Å². The number of rotatable bonds is 4. The number of aromatic amines is 1. The summed E-state index contributed by atoms with van der Waals surface area (Å²) in [6.45, 7) is 5.56. The first-order valence-corrected chi connectivity index (χ1v) is 5.32. The van der Waals surface area contributed by atoms with Gasteiger partial charge in [-0.1, -0.05) is 13.8 Å². The van der Waals surface area contributed by atoms with E-state index in [1.165, 1.54) is 6.92 Å². The molecular formula is C10H17N5O2. The van der Waals surface area contributed by atoms with Crippen LogP contribution in [-0.2, 0) is 4.79 Å². The highest BCUT2D eigenvalue weighted by molar-refractivity contribution is 5.95. The lowest BCUT2D eigenvalue weighted by Gasteiger charge is -2.10. The van der Waals surface area contributed by atoms with E-state index in [-0.39, 0.29) is 5.91 Å². The van der Waals surface area contributed by atoms with Crippen molar-refractivity contribution in [3.63, 3.8) is 0 Å². The van der Waals surface area contributed by atoms with Crippen LogP contribution in [0.25, 0.3) is 0 Å². The Balaban J connectivity index is 2.58. The summed E-state index contributed by atoms with van der Waals surface area (Å²) in [5.74, 6) is 0.358. The molecule has 1 rings (SSSR count). The second-order valence-electron chi connectivity index (χ2n) is 4.08. The van der Waals surface area contributed by atoms with Crippen LogP contribution >= 0.6 is 0 Å². The zero-order chi connectivity index (χ0) is 13.0. The highest BCUT2D eigenvalue weighted by Gasteiger charge is 2.15. The molecule has 0 radical (unpaired) electrons. The summed E-state index contributed by atoms with van der Waals surface area (Å²) in [5, 5.41) is 11.6. The van der Waals surface area contributed by atoms with E-state index in [9.17, 15) is 9.59 Å². The van der Waals surface area contributed by atoms with Gasteiger partial charge in [0.25, 0.3) is 0 Å². The molecule has 1 heterocycles. The van der Waals surface area contributed by atoms with Gasteiger partial charge in [-0.2, -0.15) is 5.10 Å². The first-order valence-electron chi connectivity index (χ1n) is 5.32. The Morgan fingerprint density at radius 2 is 2.06 bits per heavy atom. The van der Waals surface area contributed by atoms with Crippen LogP contribution < -0.4 is 16.4 Å². The number of anilines is 1. The Kier molecular flexibility index (Phi) is 4.08. The monoisotopic (exact) mass is 239 g/mol. The van der Waals surface area contributed by atoms with Crippen LogP contribution in [0.4, 0.5) is 10.6 Å². The van der Waals surface area contributed by atoms with Crippen molar-refractivity contribution in [1.82, 2.24) is 15.5 Å². The number of urea groups is 1. The van der Waals surface area contributed by atoms with E-state index >= 15 is 0 Å². The molecule has 1 aromatic rings. The van der Waals surface area contributed by atoms with Crippen molar-refractivity contribution in [2.24, 2.45) is 5.73 Å². The van der Waals surface area contributed by atoms with Gasteiger partial charge in [0.1, 0.15) is 6.04 Å². The number of nitrogens with two attached hydrogens (primary N) is 1. The van der Waals surface area contributed by atoms with Crippen molar-refractivity contribution in [3.05, 3.63) is 11.8 Å². The minimum Gasteiger partial charge on any atom is -0.352 e. The molecule has 1 aromatic heterocycles. The topological polar surface area (TPSA) is 113 Å². The highest BCUT2D eigenvalue weighted by atomic mass is 16.2. The molecule has 0 spiro atoms. The maximum atomic E-state index is 11.6. The van der Waals surface area contributed by atoms with Gasteiger partial charge in [0.05, 0.1) is 0 Å². The Morgan fingerprint density at radius 1 is 1.41 bits per heavy atom. The molecule has 7 nitrogen and oxygen atoms in total. The Bertz CT molecular complexity index is 413. The number of nitrogens with one attached hydrogen (secondary N) is 3. The van der Waals surface area contributed by atoms with Crippen LogP contribution in [0.2, 0.25) is 0 Å². The van der Waals surface area contributed by atoms with Gasteiger partial charge in [-0.3, -0.25) is 9.89 Å². The fourth-order valence-corrected chi connectivity index (χ4v) is 1.21. The maximum absolute atomic E-state index is 11.6. The van der Waals surface area contributed by atoms with Gasteiger partial charge in [-0.05, 0) is 12.8 Å². The molecule has 17 heavy (non-hydrogen) atoms. The largest absolute Gasteiger partial charge is 0.352 e. The van der Waals surface area contributed by atoms with Gasteiger partial charge < -0.3 is 16.4 Å². The minimum absolute atomic E-state index is 0.300. The van der Waals surface area contributed by atoms with E-state index in [1.54, 1.807) is 6.07 Å². The number of hydrogen-bond donors (Lipinski definition) is 4. The molecule has 5 N–H and O–H groups in total. The van der Waals surface area contributed by atoms with E-state index in [4.69, 9.17) is 5.73 Å². The smallest absolute Gasteiger partial charge is 0.312 e. The lowest BCUT2D eigenvalue weighted by Crippen LogP contribution is -2.44. The second-order valence-corrected chi connectivity index (χ2v) is 4.08. The number of hydrogen-bond acceptors (Lipinski definition) is 3. The number of carbonyl (C=O) groups excluding carboxylic acids is 2. The normalized spacial score (nSPS) is 12.2. The van der Waals surface area contributed by atoms with Crippen LogP contribution in [0.1, 0.15) is 32.4 Å². The molecule has 0 aliphatic carbocycles. The quantitative estimate of drug-likeness (QED) is 0.614. The third-order valence-corrected chi connectivity index (χ3v) is 2.22.